The van der Waals surface area contributed by atoms with Crippen molar-refractivity contribution < 1.29 is 19.0 Å². The quantitative estimate of drug-likeness (QED) is 0.837. The van der Waals surface area contributed by atoms with Crippen LogP contribution in [0.15, 0.2) is 24.4 Å². The zero-order valence-electron chi connectivity index (χ0n) is 13.7. The summed E-state index contributed by atoms with van der Waals surface area (Å²) in [5, 5.41) is 12.4. The number of methoxy groups -OCH3 is 1. The van der Waals surface area contributed by atoms with E-state index in [-0.39, 0.29) is 18.4 Å². The number of thiazole rings is 1. The van der Waals surface area contributed by atoms with Gasteiger partial charge in [-0.1, -0.05) is 0 Å². The number of aliphatic hydroxyl groups excluding tert-OH is 1. The Bertz CT molecular complexity index is 706. The van der Waals surface area contributed by atoms with Crippen LogP contribution in [0.5, 0.6) is 5.75 Å². The minimum Gasteiger partial charge on any atom is -0.496 e. The van der Waals surface area contributed by atoms with Crippen LogP contribution in [0.2, 0.25) is 0 Å². The molecule has 2 amide bonds. The Hall–Kier alpha value is -2.19. The van der Waals surface area contributed by atoms with E-state index in [0.29, 0.717) is 22.9 Å². The Morgan fingerprint density at radius 2 is 2.29 bits per heavy atom. The molecule has 0 aliphatic carbocycles. The molecule has 0 bridgehead atoms. The first-order valence-corrected chi connectivity index (χ1v) is 8.18. The molecule has 1 heterocycles. The third-order valence-electron chi connectivity index (χ3n) is 3.26. The lowest BCUT2D eigenvalue weighted by Crippen LogP contribution is -2.36. The van der Waals surface area contributed by atoms with E-state index < -0.39 is 6.10 Å². The molecular formula is C16H20FN3O3S. The summed E-state index contributed by atoms with van der Waals surface area (Å²) in [4.78, 5) is 18.4. The van der Waals surface area contributed by atoms with Gasteiger partial charge in [0.05, 0.1) is 13.2 Å². The second-order valence-electron chi connectivity index (χ2n) is 5.42. The van der Waals surface area contributed by atoms with Crippen molar-refractivity contribution in [2.45, 2.75) is 19.4 Å². The number of amides is 2. The van der Waals surface area contributed by atoms with E-state index in [4.69, 9.17) is 4.74 Å². The van der Waals surface area contributed by atoms with Gasteiger partial charge in [-0.25, -0.2) is 14.2 Å². The van der Waals surface area contributed by atoms with Crippen LogP contribution in [0.3, 0.4) is 0 Å². The third-order valence-corrected chi connectivity index (χ3v) is 4.17. The predicted molar refractivity (Wildman–Crippen MR) is 91.2 cm³/mol. The van der Waals surface area contributed by atoms with Gasteiger partial charge in [-0.3, -0.25) is 5.32 Å². The normalized spacial score (nSPS) is 11.9. The van der Waals surface area contributed by atoms with Crippen molar-refractivity contribution in [2.75, 3.05) is 26.0 Å². The molecule has 24 heavy (non-hydrogen) atoms. The van der Waals surface area contributed by atoms with Gasteiger partial charge in [-0.15, -0.1) is 11.3 Å². The zero-order chi connectivity index (χ0) is 17.7. The van der Waals surface area contributed by atoms with Crippen molar-refractivity contribution in [3.63, 3.8) is 0 Å². The number of aromatic nitrogens is 1. The van der Waals surface area contributed by atoms with Gasteiger partial charge in [-0.05, 0) is 25.1 Å². The van der Waals surface area contributed by atoms with Gasteiger partial charge in [0.1, 0.15) is 11.6 Å². The number of urea groups is 1. The Kier molecular flexibility index (Phi) is 6.10. The van der Waals surface area contributed by atoms with E-state index in [9.17, 15) is 14.3 Å². The minimum absolute atomic E-state index is 0.227. The molecule has 0 spiro atoms. The zero-order valence-corrected chi connectivity index (χ0v) is 14.6. The van der Waals surface area contributed by atoms with Gasteiger partial charge < -0.3 is 14.7 Å². The predicted octanol–water partition coefficient (Wildman–Crippen LogP) is 2.73. The van der Waals surface area contributed by atoms with Crippen LogP contribution in [0.25, 0.3) is 0 Å². The SMILES string of the molecule is COc1ccc(F)cc1Cc1cnc(NC(=O)N(C)C[C@H](C)O)s1. The fraction of sp³-hybridized carbons (Fsp3) is 0.375. The Balaban J connectivity index is 2.03. The highest BCUT2D eigenvalue weighted by Gasteiger charge is 2.14. The van der Waals surface area contributed by atoms with Gasteiger partial charge in [0.25, 0.3) is 0 Å². The summed E-state index contributed by atoms with van der Waals surface area (Å²) in [7, 11) is 3.13. The molecule has 0 fully saturated rings. The van der Waals surface area contributed by atoms with Gasteiger partial charge in [0.15, 0.2) is 5.13 Å². The molecular weight excluding hydrogens is 333 g/mol. The summed E-state index contributed by atoms with van der Waals surface area (Å²) < 4.78 is 18.6. The summed E-state index contributed by atoms with van der Waals surface area (Å²) in [5.74, 6) is 0.274. The molecule has 0 unspecified atom stereocenters. The van der Waals surface area contributed by atoms with Crippen molar-refractivity contribution in [1.82, 2.24) is 9.88 Å². The molecule has 1 aromatic carbocycles. The van der Waals surface area contributed by atoms with Gasteiger partial charge in [-0.2, -0.15) is 0 Å². The Morgan fingerprint density at radius 1 is 1.54 bits per heavy atom. The lowest BCUT2D eigenvalue weighted by Gasteiger charge is -2.18. The van der Waals surface area contributed by atoms with Crippen LogP contribution >= 0.6 is 11.3 Å². The number of carbonyl (C=O) groups is 1. The number of rotatable bonds is 6. The average molecular weight is 353 g/mol. The van der Waals surface area contributed by atoms with Gasteiger partial charge in [0.2, 0.25) is 0 Å². The Labute approximate surface area is 143 Å². The molecule has 130 valence electrons. The lowest BCUT2D eigenvalue weighted by atomic mass is 10.1. The number of carbonyl (C=O) groups excluding carboxylic acids is 1. The maximum Gasteiger partial charge on any atom is 0.323 e. The number of hydrogen-bond acceptors (Lipinski definition) is 5. The minimum atomic E-state index is -0.604. The van der Waals surface area contributed by atoms with E-state index in [1.807, 2.05) is 0 Å². The van der Waals surface area contributed by atoms with Crippen molar-refractivity contribution in [2.24, 2.45) is 0 Å². The highest BCUT2D eigenvalue weighted by atomic mass is 32.1. The van der Waals surface area contributed by atoms with Gasteiger partial charge in [0, 0.05) is 36.7 Å². The molecule has 0 aliphatic heterocycles. The first-order chi connectivity index (χ1) is 11.4. The lowest BCUT2D eigenvalue weighted by molar-refractivity contribution is 0.149. The highest BCUT2D eigenvalue weighted by molar-refractivity contribution is 7.15. The molecule has 2 aromatic rings. The number of halogens is 1. The third kappa shape index (κ3) is 4.90. The number of ether oxygens (including phenoxy) is 1. The molecule has 0 aliphatic rings. The number of hydrogen-bond donors (Lipinski definition) is 2. The van der Waals surface area contributed by atoms with Crippen LogP contribution in [-0.2, 0) is 6.42 Å². The fourth-order valence-electron chi connectivity index (χ4n) is 2.19. The standard InChI is InChI=1S/C16H20FN3O3S/c1-10(21)9-20(2)16(22)19-15-18-8-13(24-15)7-11-6-12(17)4-5-14(11)23-3/h4-6,8,10,21H,7,9H2,1-3H3,(H,18,19,22)/t10-/m0/s1. The second kappa shape index (κ2) is 8.07. The van der Waals surface area contributed by atoms with E-state index >= 15 is 0 Å². The summed E-state index contributed by atoms with van der Waals surface area (Å²) >= 11 is 1.31. The number of aliphatic hydroxyl groups is 1. The smallest absolute Gasteiger partial charge is 0.323 e. The van der Waals surface area contributed by atoms with Crippen molar-refractivity contribution >= 4 is 22.5 Å². The van der Waals surface area contributed by atoms with E-state index in [1.165, 1.54) is 35.5 Å². The van der Waals surface area contributed by atoms with E-state index in [2.05, 4.69) is 10.3 Å². The number of benzene rings is 1. The van der Waals surface area contributed by atoms with E-state index in [1.54, 1.807) is 26.2 Å². The molecule has 8 heteroatoms. The number of anilines is 1. The first kappa shape index (κ1) is 18.2. The first-order valence-electron chi connectivity index (χ1n) is 7.36. The van der Waals surface area contributed by atoms with Crippen LogP contribution < -0.4 is 10.1 Å². The molecule has 0 saturated heterocycles. The number of likely N-dealkylation sites (N-methyl/N-ethyl adjacent to an activating group) is 1. The molecule has 2 rings (SSSR count). The van der Waals surface area contributed by atoms with Gasteiger partial charge >= 0.3 is 6.03 Å². The highest BCUT2D eigenvalue weighted by Crippen LogP contribution is 2.26. The van der Waals surface area contributed by atoms with Crippen LogP contribution in [0.4, 0.5) is 14.3 Å². The topological polar surface area (TPSA) is 74.7 Å². The summed E-state index contributed by atoms with van der Waals surface area (Å²) in [6, 6.07) is 4.01. The molecule has 1 atom stereocenters. The maximum atomic E-state index is 13.4. The maximum absolute atomic E-state index is 13.4. The molecule has 0 saturated carbocycles. The van der Waals surface area contributed by atoms with Crippen LogP contribution in [0, 0.1) is 5.82 Å². The van der Waals surface area contributed by atoms with Crippen molar-refractivity contribution in [3.05, 3.63) is 40.7 Å². The fourth-order valence-corrected chi connectivity index (χ4v) is 3.01. The molecule has 6 nitrogen and oxygen atoms in total. The summed E-state index contributed by atoms with van der Waals surface area (Å²) in [6.45, 7) is 1.84. The second-order valence-corrected chi connectivity index (χ2v) is 6.54. The van der Waals surface area contributed by atoms with Crippen molar-refractivity contribution in [1.29, 1.82) is 0 Å². The van der Waals surface area contributed by atoms with E-state index in [0.717, 1.165) is 4.88 Å². The van der Waals surface area contributed by atoms with Crippen molar-refractivity contribution in [3.8, 4) is 5.75 Å². The summed E-state index contributed by atoms with van der Waals surface area (Å²) in [6.07, 6.45) is 1.49. The van der Waals surface area contributed by atoms with Crippen LogP contribution in [0.1, 0.15) is 17.4 Å². The summed E-state index contributed by atoms with van der Waals surface area (Å²) in [5.41, 5.74) is 0.713. The Morgan fingerprint density at radius 3 is 2.96 bits per heavy atom. The molecule has 0 radical (unpaired) electrons. The monoisotopic (exact) mass is 353 g/mol. The number of nitrogens with zero attached hydrogens (tertiary/aromatic N) is 2. The van der Waals surface area contributed by atoms with Crippen LogP contribution in [-0.4, -0.2) is 47.8 Å². The molecule has 2 N–H and O–H groups in total. The largest absolute Gasteiger partial charge is 0.496 e. The number of nitrogens with one attached hydrogen (secondary N) is 1. The molecule has 1 aromatic heterocycles. The average Bonchev–Trinajstić information content (AvgIpc) is 2.94.